The zero-order chi connectivity index (χ0) is 44.1. The topological polar surface area (TPSA) is 251 Å². The molecule has 21 heteroatoms. The first-order valence-electron chi connectivity index (χ1n) is 17.5. The summed E-state index contributed by atoms with van der Waals surface area (Å²) in [7, 11) is 3.53. The van der Waals surface area contributed by atoms with E-state index in [1.54, 1.807) is 25.3 Å². The minimum Gasteiger partial charge on any atom is -0.497 e. The lowest BCUT2D eigenvalue weighted by molar-refractivity contribution is -0.159. The molecular weight excluding hydrogens is 801 g/mol. The van der Waals surface area contributed by atoms with Crippen LogP contribution in [0.1, 0.15) is 37.7 Å². The summed E-state index contributed by atoms with van der Waals surface area (Å²) < 4.78 is 51.3. The Morgan fingerprint density at radius 2 is 1.33 bits per heavy atom. The average molecular weight is 839 g/mol. The number of rotatable bonds is 9. The zero-order valence-corrected chi connectivity index (χ0v) is 31.8. The Balaban J connectivity index is 0.000000580. The van der Waals surface area contributed by atoms with Crippen LogP contribution in [0.3, 0.4) is 0 Å². The number of nitrogens with zero attached hydrogens (tertiary/aromatic N) is 5. The molecule has 316 valence electrons. The van der Waals surface area contributed by atoms with E-state index in [1.165, 1.54) is 11.8 Å². The summed E-state index contributed by atoms with van der Waals surface area (Å²) in [5.74, 6) is -6.22. The monoisotopic (exact) mass is 838 g/mol. The number of fused-ring (bicyclic) bond motifs is 1. The predicted molar refractivity (Wildman–Crippen MR) is 202 cm³/mol. The van der Waals surface area contributed by atoms with Gasteiger partial charge in [-0.25, -0.2) is 24.2 Å². The summed E-state index contributed by atoms with van der Waals surface area (Å²) >= 11 is 0. The number of aromatic nitrogens is 3. The van der Waals surface area contributed by atoms with Crippen LogP contribution in [0.4, 0.5) is 13.2 Å². The van der Waals surface area contributed by atoms with Crippen LogP contribution in [-0.4, -0.2) is 114 Å². The van der Waals surface area contributed by atoms with Gasteiger partial charge < -0.3 is 44.7 Å². The van der Waals surface area contributed by atoms with E-state index < -0.39 is 41.5 Å². The fourth-order valence-corrected chi connectivity index (χ4v) is 5.52. The number of pyridine rings is 2. The van der Waals surface area contributed by atoms with Crippen LogP contribution in [0, 0.1) is 0 Å². The summed E-state index contributed by atoms with van der Waals surface area (Å²) in [4.78, 5) is 74.4. The maximum absolute atomic E-state index is 13.5. The van der Waals surface area contributed by atoms with E-state index in [0.29, 0.717) is 42.2 Å². The van der Waals surface area contributed by atoms with E-state index in [0.717, 1.165) is 48.4 Å². The smallest absolute Gasteiger partial charge is 0.417 e. The standard InChI is InChI=1S/C35H33F3N6O4.2C2H2O4/c1-42-30-11-9-28(48-32-12-5-24(19-40-32)20-41-33(45)29-10-6-26(21-39-29)35(36,37)38)17-25(30)18-31(42)34(46)44-15-13-43(14-16-44)22-23-3-7-27(47-2)8-4-23;2*3-1(4)2(5)6/h3-12,17-19,21H,13-16,20,22H2,1-2H3,(H,41,45);2*(H,3,4)(H,5,6). The molecule has 3 aromatic heterocycles. The van der Waals surface area contributed by atoms with Crippen LogP contribution in [0.2, 0.25) is 0 Å². The maximum atomic E-state index is 13.5. The van der Waals surface area contributed by atoms with Gasteiger partial charge in [-0.1, -0.05) is 18.2 Å². The second-order valence-electron chi connectivity index (χ2n) is 12.7. The molecule has 0 spiro atoms. The Labute approximate surface area is 338 Å². The van der Waals surface area contributed by atoms with Crippen LogP contribution in [-0.2, 0) is 45.5 Å². The average Bonchev–Trinajstić information content (AvgIpc) is 3.55. The van der Waals surface area contributed by atoms with Crippen LogP contribution in [0.15, 0.2) is 85.2 Å². The summed E-state index contributed by atoms with van der Waals surface area (Å²) in [6, 6.07) is 20.7. The molecule has 1 fully saturated rings. The fourth-order valence-electron chi connectivity index (χ4n) is 5.52. The number of amides is 2. The van der Waals surface area contributed by atoms with E-state index >= 15 is 0 Å². The normalized spacial score (nSPS) is 12.5. The number of aliphatic carboxylic acids is 4. The molecule has 60 heavy (non-hydrogen) atoms. The Morgan fingerprint density at radius 3 is 1.85 bits per heavy atom. The van der Waals surface area contributed by atoms with Gasteiger partial charge in [-0.2, -0.15) is 13.2 Å². The molecule has 18 nitrogen and oxygen atoms in total. The first kappa shape index (κ1) is 45.2. The number of carbonyl (C=O) groups is 6. The number of alkyl halides is 3. The quantitative estimate of drug-likeness (QED) is 0.132. The molecule has 0 unspecified atom stereocenters. The molecule has 5 aromatic rings. The minimum atomic E-state index is -4.53. The van der Waals surface area contributed by atoms with Crippen molar-refractivity contribution in [2.24, 2.45) is 7.05 Å². The number of methoxy groups -OCH3 is 1. The van der Waals surface area contributed by atoms with Gasteiger partial charge in [0.15, 0.2) is 0 Å². The van der Waals surface area contributed by atoms with Crippen LogP contribution >= 0.6 is 0 Å². The molecule has 4 heterocycles. The Hall–Kier alpha value is -7.55. The molecule has 1 aliphatic heterocycles. The van der Waals surface area contributed by atoms with Crippen molar-refractivity contribution in [2.45, 2.75) is 19.3 Å². The molecule has 1 saturated heterocycles. The van der Waals surface area contributed by atoms with Crippen molar-refractivity contribution in [2.75, 3.05) is 33.3 Å². The summed E-state index contributed by atoms with van der Waals surface area (Å²) in [5.41, 5.74) is 2.30. The molecule has 0 aliphatic carbocycles. The molecule has 1 aliphatic rings. The van der Waals surface area contributed by atoms with E-state index in [9.17, 15) is 22.8 Å². The SMILES string of the molecule is COc1ccc(CN2CCN(C(=O)c3cc4cc(Oc5ccc(CNC(=O)c6ccc(C(F)(F)F)cn6)cn5)ccc4n3C)CC2)cc1.O=C(O)C(=O)O.O=C(O)C(=O)O. The number of carboxylic acid groups (broad SMARTS) is 4. The van der Waals surface area contributed by atoms with Gasteiger partial charge in [-0.3, -0.25) is 19.5 Å². The lowest BCUT2D eigenvalue weighted by Crippen LogP contribution is -2.48. The molecule has 6 rings (SSSR count). The zero-order valence-electron chi connectivity index (χ0n) is 31.8. The van der Waals surface area contributed by atoms with Crippen LogP contribution in [0.25, 0.3) is 10.9 Å². The summed E-state index contributed by atoms with van der Waals surface area (Å²) in [6.45, 7) is 3.77. The number of benzene rings is 2. The fraction of sp³-hybridized carbons (Fsp3) is 0.231. The van der Waals surface area contributed by atoms with Crippen molar-refractivity contribution < 1.29 is 71.8 Å². The molecule has 2 amide bonds. The van der Waals surface area contributed by atoms with Crippen molar-refractivity contribution in [3.8, 4) is 17.4 Å². The van der Waals surface area contributed by atoms with Gasteiger partial charge in [0.2, 0.25) is 5.88 Å². The Kier molecular flexibility index (Phi) is 15.2. The van der Waals surface area contributed by atoms with E-state index in [4.69, 9.17) is 49.1 Å². The summed E-state index contributed by atoms with van der Waals surface area (Å²) in [6.07, 6.45) is -2.37. The second kappa shape index (κ2) is 20.2. The number of carbonyl (C=O) groups excluding carboxylic acids is 2. The number of piperazine rings is 1. The summed E-state index contributed by atoms with van der Waals surface area (Å²) in [5, 5.41) is 33.0. The van der Waals surface area contributed by atoms with Gasteiger partial charge in [-0.05, 0) is 59.7 Å². The first-order chi connectivity index (χ1) is 28.4. The van der Waals surface area contributed by atoms with Gasteiger partial charge in [0.05, 0.1) is 12.7 Å². The molecule has 0 atom stereocenters. The first-order valence-corrected chi connectivity index (χ1v) is 17.5. The number of aryl methyl sites for hydroxylation is 1. The molecule has 5 N–H and O–H groups in total. The van der Waals surface area contributed by atoms with Gasteiger partial charge in [0.1, 0.15) is 22.9 Å². The minimum absolute atomic E-state index is 0.0151. The molecule has 0 saturated carbocycles. The maximum Gasteiger partial charge on any atom is 0.417 e. The van der Waals surface area contributed by atoms with Crippen molar-refractivity contribution in [1.29, 1.82) is 0 Å². The third-order valence-corrected chi connectivity index (χ3v) is 8.62. The third kappa shape index (κ3) is 12.7. The highest BCUT2D eigenvalue weighted by Gasteiger charge is 2.31. The number of ether oxygens (including phenoxy) is 2. The second-order valence-corrected chi connectivity index (χ2v) is 12.7. The van der Waals surface area contributed by atoms with E-state index in [2.05, 4.69) is 32.3 Å². The highest BCUT2D eigenvalue weighted by molar-refractivity contribution is 6.27. The molecule has 2 aromatic carbocycles. The third-order valence-electron chi connectivity index (χ3n) is 8.62. The van der Waals surface area contributed by atoms with Crippen molar-refractivity contribution in [3.05, 3.63) is 113 Å². The van der Waals surface area contributed by atoms with E-state index in [1.807, 2.05) is 46.8 Å². The van der Waals surface area contributed by atoms with Crippen LogP contribution < -0.4 is 14.8 Å². The van der Waals surface area contributed by atoms with Gasteiger partial charge in [0.25, 0.3) is 11.8 Å². The van der Waals surface area contributed by atoms with Crippen molar-refractivity contribution in [1.82, 2.24) is 29.7 Å². The number of hydrogen-bond acceptors (Lipinski definition) is 11. The lowest BCUT2D eigenvalue weighted by atomic mass is 10.2. The Morgan fingerprint density at radius 1 is 0.733 bits per heavy atom. The lowest BCUT2D eigenvalue weighted by Gasteiger charge is -2.34. The molecule has 0 bridgehead atoms. The number of nitrogens with one attached hydrogen (secondary N) is 1. The van der Waals surface area contributed by atoms with Gasteiger partial charge >= 0.3 is 30.1 Å². The predicted octanol–water partition coefficient (Wildman–Crippen LogP) is 3.99. The van der Waals surface area contributed by atoms with Gasteiger partial charge in [-0.15, -0.1) is 0 Å². The van der Waals surface area contributed by atoms with Crippen molar-refractivity contribution >= 4 is 46.6 Å². The highest BCUT2D eigenvalue weighted by atomic mass is 19.4. The highest BCUT2D eigenvalue weighted by Crippen LogP contribution is 2.29. The number of carboxylic acids is 4. The largest absolute Gasteiger partial charge is 0.497 e. The van der Waals surface area contributed by atoms with E-state index in [-0.39, 0.29) is 18.1 Å². The molecular formula is C39H37F3N6O12. The van der Waals surface area contributed by atoms with Crippen molar-refractivity contribution in [3.63, 3.8) is 0 Å². The Bertz CT molecular complexity index is 2280. The van der Waals surface area contributed by atoms with Gasteiger partial charge in [0, 0.05) is 75.7 Å². The number of hydrogen-bond donors (Lipinski definition) is 5. The van der Waals surface area contributed by atoms with Crippen LogP contribution in [0.5, 0.6) is 17.4 Å². The number of halogens is 3. The molecule has 0 radical (unpaired) electrons.